The predicted octanol–water partition coefficient (Wildman–Crippen LogP) is 0.744. The van der Waals surface area contributed by atoms with E-state index in [0.29, 0.717) is 0 Å². The van der Waals surface area contributed by atoms with E-state index in [0.717, 1.165) is 23.0 Å². The first-order valence-corrected chi connectivity index (χ1v) is 5.17. The number of aromatic nitrogens is 2. The van der Waals surface area contributed by atoms with Gasteiger partial charge in [-0.3, -0.25) is 10.0 Å². The average molecular weight is 234 g/mol. The summed E-state index contributed by atoms with van der Waals surface area (Å²) in [7, 11) is 3.95. The van der Waals surface area contributed by atoms with Gasteiger partial charge in [0.05, 0.1) is 11.7 Å². The number of hydroxylamine groups is 1. The molecule has 0 radical (unpaired) electrons. The Morgan fingerprint density at radius 3 is 3.00 bits per heavy atom. The lowest BCUT2D eigenvalue weighted by atomic mass is 10.1. The van der Waals surface area contributed by atoms with Crippen LogP contribution in [0.15, 0.2) is 18.5 Å². The number of nitrogens with one attached hydrogen (secondary N) is 2. The summed E-state index contributed by atoms with van der Waals surface area (Å²) in [5.41, 5.74) is 3.72. The van der Waals surface area contributed by atoms with E-state index in [1.165, 1.54) is 0 Å². The van der Waals surface area contributed by atoms with Gasteiger partial charge in [-0.1, -0.05) is 0 Å². The van der Waals surface area contributed by atoms with Crippen molar-refractivity contribution < 1.29 is 10.0 Å². The fourth-order valence-corrected chi connectivity index (χ4v) is 1.73. The molecule has 0 aromatic carbocycles. The molecule has 2 aromatic rings. The van der Waals surface area contributed by atoms with Gasteiger partial charge in [0.15, 0.2) is 0 Å². The Balaban J connectivity index is 2.46. The molecule has 0 saturated carbocycles. The smallest absolute Gasteiger partial charge is 0.293 e. The second-order valence-corrected chi connectivity index (χ2v) is 4.11. The Hall–Kier alpha value is -1.92. The number of rotatable bonds is 3. The Morgan fingerprint density at radius 2 is 2.35 bits per heavy atom. The molecule has 0 unspecified atom stereocenters. The number of fused-ring (bicyclic) bond motifs is 1. The van der Waals surface area contributed by atoms with Gasteiger partial charge in [-0.05, 0) is 25.7 Å². The number of nitrogens with zero attached hydrogens (tertiary/aromatic N) is 2. The van der Waals surface area contributed by atoms with Crippen LogP contribution in [-0.4, -0.2) is 40.1 Å². The fraction of sp³-hybridized carbons (Fsp3) is 0.273. The first-order chi connectivity index (χ1) is 8.11. The number of carbonyl (C=O) groups excluding carboxylic acids is 1. The Labute approximate surface area is 98.2 Å². The van der Waals surface area contributed by atoms with E-state index in [1.807, 2.05) is 25.2 Å². The van der Waals surface area contributed by atoms with E-state index in [4.69, 9.17) is 5.21 Å². The van der Waals surface area contributed by atoms with Crippen LogP contribution >= 0.6 is 0 Å². The highest BCUT2D eigenvalue weighted by molar-refractivity contribution is 5.95. The zero-order chi connectivity index (χ0) is 12.4. The molecule has 17 heavy (non-hydrogen) atoms. The van der Waals surface area contributed by atoms with Crippen LogP contribution in [0.25, 0.3) is 10.9 Å². The topological polar surface area (TPSA) is 81.2 Å². The summed E-state index contributed by atoms with van der Waals surface area (Å²) in [6, 6.07) is 1.66. The third-order valence-electron chi connectivity index (χ3n) is 2.47. The zero-order valence-electron chi connectivity index (χ0n) is 9.69. The number of carbonyl (C=O) groups is 1. The van der Waals surface area contributed by atoms with Crippen LogP contribution in [0.2, 0.25) is 0 Å². The molecular weight excluding hydrogens is 220 g/mol. The normalized spacial score (nSPS) is 11.1. The molecule has 1 amide bonds. The Bertz CT molecular complexity index is 547. The maximum absolute atomic E-state index is 11.3. The highest BCUT2D eigenvalue weighted by atomic mass is 16.5. The lowest BCUT2D eigenvalue weighted by Crippen LogP contribution is -2.19. The highest BCUT2D eigenvalue weighted by Crippen LogP contribution is 2.19. The molecule has 0 spiro atoms. The summed E-state index contributed by atoms with van der Waals surface area (Å²) in [6.45, 7) is 0.768. The third-order valence-corrected chi connectivity index (χ3v) is 2.47. The number of hydrogen-bond donors (Lipinski definition) is 3. The van der Waals surface area contributed by atoms with E-state index in [-0.39, 0.29) is 5.69 Å². The van der Waals surface area contributed by atoms with Crippen LogP contribution in [-0.2, 0) is 6.54 Å². The van der Waals surface area contributed by atoms with Gasteiger partial charge in [-0.25, -0.2) is 10.5 Å². The van der Waals surface area contributed by atoms with Crippen molar-refractivity contribution >= 4 is 16.8 Å². The van der Waals surface area contributed by atoms with Crippen molar-refractivity contribution in [1.29, 1.82) is 0 Å². The number of hydrogen-bond acceptors (Lipinski definition) is 4. The van der Waals surface area contributed by atoms with Gasteiger partial charge in [0.25, 0.3) is 5.91 Å². The van der Waals surface area contributed by atoms with Gasteiger partial charge in [0, 0.05) is 18.1 Å². The first kappa shape index (κ1) is 11.6. The van der Waals surface area contributed by atoms with Crippen molar-refractivity contribution in [3.05, 3.63) is 29.7 Å². The van der Waals surface area contributed by atoms with E-state index in [2.05, 4.69) is 9.97 Å². The molecule has 0 aliphatic carbocycles. The van der Waals surface area contributed by atoms with Gasteiger partial charge in [0.2, 0.25) is 0 Å². The molecule has 6 heteroatoms. The third kappa shape index (κ3) is 2.27. The molecule has 3 N–H and O–H groups in total. The van der Waals surface area contributed by atoms with Gasteiger partial charge in [-0.2, -0.15) is 0 Å². The van der Waals surface area contributed by atoms with Crippen molar-refractivity contribution in [3.8, 4) is 0 Å². The van der Waals surface area contributed by atoms with Gasteiger partial charge in [0.1, 0.15) is 5.69 Å². The van der Waals surface area contributed by atoms with Crippen LogP contribution < -0.4 is 5.48 Å². The summed E-state index contributed by atoms with van der Waals surface area (Å²) < 4.78 is 0. The molecule has 6 nitrogen and oxygen atoms in total. The van der Waals surface area contributed by atoms with Crippen LogP contribution in [0.4, 0.5) is 0 Å². The number of pyridine rings is 1. The molecule has 2 heterocycles. The molecule has 0 aliphatic heterocycles. The Morgan fingerprint density at radius 1 is 1.59 bits per heavy atom. The fourth-order valence-electron chi connectivity index (χ4n) is 1.73. The maximum Gasteiger partial charge on any atom is 0.293 e. The molecule has 2 rings (SSSR count). The number of amides is 1. The predicted molar refractivity (Wildman–Crippen MR) is 62.7 cm³/mol. The molecule has 0 aliphatic rings. The van der Waals surface area contributed by atoms with E-state index in [1.54, 1.807) is 17.7 Å². The van der Waals surface area contributed by atoms with Gasteiger partial charge >= 0.3 is 0 Å². The van der Waals surface area contributed by atoms with Crippen molar-refractivity contribution in [2.45, 2.75) is 6.54 Å². The monoisotopic (exact) mass is 234 g/mol. The molecular formula is C11H14N4O2. The minimum atomic E-state index is -0.607. The Kier molecular flexibility index (Phi) is 3.08. The summed E-state index contributed by atoms with van der Waals surface area (Å²) in [4.78, 5) is 20.4. The largest absolute Gasteiger partial charge is 0.360 e. The molecule has 0 saturated heterocycles. The van der Waals surface area contributed by atoms with Crippen LogP contribution in [0.5, 0.6) is 0 Å². The summed E-state index contributed by atoms with van der Waals surface area (Å²) in [5.74, 6) is -0.607. The highest BCUT2D eigenvalue weighted by Gasteiger charge is 2.10. The average Bonchev–Trinajstić information content (AvgIpc) is 2.70. The van der Waals surface area contributed by atoms with E-state index >= 15 is 0 Å². The number of aromatic amines is 1. The second kappa shape index (κ2) is 4.52. The lowest BCUT2D eigenvalue weighted by molar-refractivity contribution is 0.0701. The van der Waals surface area contributed by atoms with Crippen molar-refractivity contribution in [3.63, 3.8) is 0 Å². The maximum atomic E-state index is 11.3. The van der Waals surface area contributed by atoms with Gasteiger partial charge in [-0.15, -0.1) is 0 Å². The number of H-pyrrole nitrogens is 1. The van der Waals surface area contributed by atoms with E-state index < -0.39 is 5.91 Å². The quantitative estimate of drug-likeness (QED) is 0.540. The summed E-state index contributed by atoms with van der Waals surface area (Å²) in [5, 5.41) is 9.51. The summed E-state index contributed by atoms with van der Waals surface area (Å²) in [6.07, 6.45) is 3.48. The molecule has 90 valence electrons. The van der Waals surface area contributed by atoms with Crippen molar-refractivity contribution in [2.24, 2.45) is 0 Å². The van der Waals surface area contributed by atoms with Gasteiger partial charge < -0.3 is 9.88 Å². The minimum absolute atomic E-state index is 0.194. The molecule has 2 aromatic heterocycles. The zero-order valence-corrected chi connectivity index (χ0v) is 9.69. The molecule has 0 bridgehead atoms. The SMILES string of the molecule is CN(C)Cc1c[nH]c2cnc(C(=O)NO)cc12. The van der Waals surface area contributed by atoms with Crippen LogP contribution in [0.3, 0.4) is 0 Å². The second-order valence-electron chi connectivity index (χ2n) is 4.11. The minimum Gasteiger partial charge on any atom is -0.360 e. The van der Waals surface area contributed by atoms with Crippen LogP contribution in [0, 0.1) is 0 Å². The molecule has 0 atom stereocenters. The molecule has 0 fully saturated rings. The van der Waals surface area contributed by atoms with Crippen molar-refractivity contribution in [1.82, 2.24) is 20.3 Å². The van der Waals surface area contributed by atoms with E-state index in [9.17, 15) is 4.79 Å². The lowest BCUT2D eigenvalue weighted by Gasteiger charge is -2.08. The van der Waals surface area contributed by atoms with Crippen molar-refractivity contribution in [2.75, 3.05) is 14.1 Å². The summed E-state index contributed by atoms with van der Waals surface area (Å²) >= 11 is 0. The first-order valence-electron chi connectivity index (χ1n) is 5.17. The van der Waals surface area contributed by atoms with Crippen LogP contribution in [0.1, 0.15) is 16.1 Å². The standard InChI is InChI=1S/C11H14N4O2/c1-15(2)6-7-4-12-10-5-13-9(3-8(7)10)11(16)14-17/h3-5,12,17H,6H2,1-2H3,(H,14,16).